The molecule has 0 radical (unpaired) electrons. The summed E-state index contributed by atoms with van der Waals surface area (Å²) in [4.78, 5) is 12.3. The number of amides is 1. The van der Waals surface area contributed by atoms with Crippen molar-refractivity contribution in [3.8, 4) is 11.5 Å². The van der Waals surface area contributed by atoms with E-state index in [1.54, 1.807) is 19.9 Å². The summed E-state index contributed by atoms with van der Waals surface area (Å²) in [7, 11) is -3.55. The highest BCUT2D eigenvalue weighted by Gasteiger charge is 2.50. The van der Waals surface area contributed by atoms with Gasteiger partial charge in [0.2, 0.25) is 12.7 Å². The van der Waals surface area contributed by atoms with Gasteiger partial charge in [-0.1, -0.05) is 6.07 Å². The van der Waals surface area contributed by atoms with Crippen LogP contribution in [-0.4, -0.2) is 38.1 Å². The van der Waals surface area contributed by atoms with Gasteiger partial charge in [0, 0.05) is 12.5 Å². The number of nitrogens with one attached hydrogen (secondary N) is 1. The Kier molecular flexibility index (Phi) is 4.62. The third-order valence-corrected chi connectivity index (χ3v) is 6.44. The first kappa shape index (κ1) is 16.3. The van der Waals surface area contributed by atoms with Crippen LogP contribution in [0.25, 0.3) is 0 Å². The van der Waals surface area contributed by atoms with Gasteiger partial charge in [-0.3, -0.25) is 9.36 Å². The summed E-state index contributed by atoms with van der Waals surface area (Å²) in [5, 5.41) is 2.77. The van der Waals surface area contributed by atoms with E-state index in [0.29, 0.717) is 18.0 Å². The molecule has 126 valence electrons. The molecule has 1 fully saturated rings. The van der Waals surface area contributed by atoms with Crippen molar-refractivity contribution in [2.45, 2.75) is 25.4 Å². The van der Waals surface area contributed by atoms with Gasteiger partial charge in [-0.15, -0.1) is 0 Å². The number of carbonyl (C=O) groups excluding carboxylic acids is 1. The quantitative estimate of drug-likeness (QED) is 0.799. The van der Waals surface area contributed by atoms with E-state index < -0.39 is 13.3 Å². The van der Waals surface area contributed by atoms with Gasteiger partial charge in [-0.05, 0) is 31.5 Å². The maximum absolute atomic E-state index is 13.1. The lowest BCUT2D eigenvalue weighted by atomic mass is 9.97. The molecule has 23 heavy (non-hydrogen) atoms. The Balaban J connectivity index is 1.94. The Morgan fingerprint density at radius 1 is 1.22 bits per heavy atom. The fourth-order valence-corrected chi connectivity index (χ4v) is 5.19. The third-order valence-electron chi connectivity index (χ3n) is 3.93. The predicted octanol–water partition coefficient (Wildman–Crippen LogP) is 2.26. The fraction of sp³-hybridized carbons (Fsp3) is 0.533. The van der Waals surface area contributed by atoms with Gasteiger partial charge in [0.05, 0.1) is 13.2 Å². The zero-order valence-corrected chi connectivity index (χ0v) is 14.0. The highest BCUT2D eigenvalue weighted by atomic mass is 31.2. The van der Waals surface area contributed by atoms with Gasteiger partial charge in [-0.25, -0.2) is 0 Å². The SMILES string of the molecule is CCOP(=O)(OCC)[C@@H]1C(=O)NC[C@H]1c1ccc2c(c1)OCO2. The van der Waals surface area contributed by atoms with Crippen LogP contribution < -0.4 is 14.8 Å². The summed E-state index contributed by atoms with van der Waals surface area (Å²) in [6, 6.07) is 5.47. The molecule has 2 aliphatic heterocycles. The lowest BCUT2D eigenvalue weighted by molar-refractivity contribution is -0.119. The van der Waals surface area contributed by atoms with E-state index in [2.05, 4.69) is 5.32 Å². The molecule has 0 spiro atoms. The number of fused-ring (bicyclic) bond motifs is 1. The van der Waals surface area contributed by atoms with Crippen LogP contribution in [0.3, 0.4) is 0 Å². The lowest BCUT2D eigenvalue weighted by Crippen LogP contribution is -2.27. The van der Waals surface area contributed by atoms with Crippen molar-refractivity contribution in [3.05, 3.63) is 23.8 Å². The number of carbonyl (C=O) groups is 1. The zero-order chi connectivity index (χ0) is 16.4. The van der Waals surface area contributed by atoms with Crippen molar-refractivity contribution < 1.29 is 27.9 Å². The summed E-state index contributed by atoms with van der Waals surface area (Å²) in [5.74, 6) is 0.683. The monoisotopic (exact) mass is 341 g/mol. The molecular formula is C15H20NO6P. The molecule has 1 aromatic carbocycles. The van der Waals surface area contributed by atoms with Gasteiger partial charge >= 0.3 is 7.60 Å². The molecule has 0 unspecified atom stereocenters. The number of rotatable bonds is 6. The second-order valence-electron chi connectivity index (χ2n) is 5.28. The van der Waals surface area contributed by atoms with Crippen molar-refractivity contribution in [1.82, 2.24) is 5.32 Å². The molecule has 2 heterocycles. The number of ether oxygens (including phenoxy) is 2. The number of hydrogen-bond acceptors (Lipinski definition) is 6. The van der Waals surface area contributed by atoms with Crippen LogP contribution >= 0.6 is 7.60 Å². The molecule has 8 heteroatoms. The first-order valence-electron chi connectivity index (χ1n) is 7.65. The Morgan fingerprint density at radius 2 is 1.91 bits per heavy atom. The van der Waals surface area contributed by atoms with Crippen molar-refractivity contribution >= 4 is 13.5 Å². The first-order chi connectivity index (χ1) is 11.1. The molecule has 2 aliphatic rings. The molecule has 0 bridgehead atoms. The highest BCUT2D eigenvalue weighted by Crippen LogP contribution is 2.58. The summed E-state index contributed by atoms with van der Waals surface area (Å²) in [6.07, 6.45) is 0. The zero-order valence-electron chi connectivity index (χ0n) is 13.1. The van der Waals surface area contributed by atoms with E-state index in [9.17, 15) is 9.36 Å². The van der Waals surface area contributed by atoms with Crippen LogP contribution in [0.1, 0.15) is 25.3 Å². The van der Waals surface area contributed by atoms with E-state index in [1.807, 2.05) is 12.1 Å². The lowest BCUT2D eigenvalue weighted by Gasteiger charge is -2.25. The predicted molar refractivity (Wildman–Crippen MR) is 83.0 cm³/mol. The Labute approximate surface area is 134 Å². The van der Waals surface area contributed by atoms with Gasteiger partial charge in [-0.2, -0.15) is 0 Å². The van der Waals surface area contributed by atoms with Gasteiger partial charge in [0.15, 0.2) is 11.5 Å². The summed E-state index contributed by atoms with van der Waals surface area (Å²) in [5.41, 5.74) is -0.0139. The second-order valence-corrected chi connectivity index (χ2v) is 7.44. The average molecular weight is 341 g/mol. The maximum Gasteiger partial charge on any atom is 0.343 e. The Morgan fingerprint density at radius 3 is 2.61 bits per heavy atom. The van der Waals surface area contributed by atoms with E-state index >= 15 is 0 Å². The Hall–Kier alpha value is -1.56. The van der Waals surface area contributed by atoms with Gasteiger partial charge in [0.1, 0.15) is 5.66 Å². The summed E-state index contributed by atoms with van der Waals surface area (Å²) < 4.78 is 34.5. The third kappa shape index (κ3) is 2.96. The molecule has 0 saturated carbocycles. The van der Waals surface area contributed by atoms with Crippen LogP contribution in [0.5, 0.6) is 11.5 Å². The van der Waals surface area contributed by atoms with E-state index in [4.69, 9.17) is 18.5 Å². The number of benzene rings is 1. The minimum Gasteiger partial charge on any atom is -0.454 e. The van der Waals surface area contributed by atoms with E-state index in [0.717, 1.165) is 5.56 Å². The summed E-state index contributed by atoms with van der Waals surface area (Å²) >= 11 is 0. The molecule has 0 aliphatic carbocycles. The van der Waals surface area contributed by atoms with Gasteiger partial charge < -0.3 is 23.8 Å². The average Bonchev–Trinajstić information content (AvgIpc) is 3.13. The molecule has 2 atom stereocenters. The standard InChI is InChI=1S/C15H20NO6P/c1-3-21-23(18,22-4-2)14-11(8-16-15(14)17)10-5-6-12-13(7-10)20-9-19-12/h5-7,11,14H,3-4,8-9H2,1-2H3,(H,16,17)/t11-,14-/m0/s1. The highest BCUT2D eigenvalue weighted by molar-refractivity contribution is 7.55. The van der Waals surface area contributed by atoms with Gasteiger partial charge in [0.25, 0.3) is 0 Å². The van der Waals surface area contributed by atoms with Crippen LogP contribution in [-0.2, 0) is 18.4 Å². The largest absolute Gasteiger partial charge is 0.454 e. The molecule has 1 aromatic rings. The van der Waals surface area contributed by atoms with Crippen LogP contribution in [0, 0.1) is 0 Å². The Bertz CT molecular complexity index is 639. The molecule has 1 amide bonds. The van der Waals surface area contributed by atoms with Crippen LogP contribution in [0.15, 0.2) is 18.2 Å². The van der Waals surface area contributed by atoms with Crippen molar-refractivity contribution in [2.24, 2.45) is 0 Å². The topological polar surface area (TPSA) is 83.1 Å². The molecule has 3 rings (SSSR count). The minimum absolute atomic E-state index is 0.181. The van der Waals surface area contributed by atoms with Crippen molar-refractivity contribution in [2.75, 3.05) is 26.6 Å². The minimum atomic E-state index is -3.55. The molecule has 7 nitrogen and oxygen atoms in total. The van der Waals surface area contributed by atoms with Crippen LogP contribution in [0.2, 0.25) is 0 Å². The van der Waals surface area contributed by atoms with E-state index in [-0.39, 0.29) is 31.8 Å². The normalized spacial score (nSPS) is 23.1. The molecular weight excluding hydrogens is 321 g/mol. The van der Waals surface area contributed by atoms with E-state index in [1.165, 1.54) is 0 Å². The maximum atomic E-state index is 13.1. The van der Waals surface area contributed by atoms with Crippen molar-refractivity contribution in [1.29, 1.82) is 0 Å². The van der Waals surface area contributed by atoms with Crippen molar-refractivity contribution in [3.63, 3.8) is 0 Å². The number of hydrogen-bond donors (Lipinski definition) is 1. The van der Waals surface area contributed by atoms with Crippen LogP contribution in [0.4, 0.5) is 0 Å². The summed E-state index contributed by atoms with van der Waals surface area (Å²) in [6.45, 7) is 4.46. The molecule has 1 N–H and O–H groups in total. The smallest absolute Gasteiger partial charge is 0.343 e. The molecule has 1 saturated heterocycles. The fourth-order valence-electron chi connectivity index (χ4n) is 2.98. The first-order valence-corrected chi connectivity index (χ1v) is 9.26. The second kappa shape index (κ2) is 6.51. The molecule has 0 aromatic heterocycles.